The second kappa shape index (κ2) is 3.77. The van der Waals surface area contributed by atoms with Crippen LogP contribution in [0, 0.1) is 11.3 Å². The molecular formula is C14H22O. The lowest BCUT2D eigenvalue weighted by Crippen LogP contribution is -2.26. The average Bonchev–Trinajstić information content (AvgIpc) is 2.15. The molecule has 0 spiro atoms. The summed E-state index contributed by atoms with van der Waals surface area (Å²) in [6, 6.07) is 0. The monoisotopic (exact) mass is 206 g/mol. The molecule has 1 atom stereocenters. The highest BCUT2D eigenvalue weighted by atomic mass is 16.1. The number of carbonyl (C=O) groups excluding carboxylic acids is 1. The minimum Gasteiger partial charge on any atom is -0.299 e. The highest BCUT2D eigenvalue weighted by Crippen LogP contribution is 2.43. The number of hydrogen-bond acceptors (Lipinski definition) is 1. The van der Waals surface area contributed by atoms with Crippen molar-refractivity contribution in [3.63, 3.8) is 0 Å². The molecule has 0 heterocycles. The molecule has 0 N–H and O–H groups in total. The van der Waals surface area contributed by atoms with Crippen molar-refractivity contribution >= 4 is 5.78 Å². The largest absolute Gasteiger partial charge is 0.299 e. The molecule has 0 aromatic carbocycles. The van der Waals surface area contributed by atoms with Crippen molar-refractivity contribution in [1.82, 2.24) is 0 Å². The Morgan fingerprint density at radius 2 is 1.80 bits per heavy atom. The van der Waals surface area contributed by atoms with Gasteiger partial charge in [0.2, 0.25) is 0 Å². The zero-order valence-electron chi connectivity index (χ0n) is 10.2. The summed E-state index contributed by atoms with van der Waals surface area (Å²) in [4.78, 5) is 11.4. The third-order valence-corrected chi connectivity index (χ3v) is 4.13. The van der Waals surface area contributed by atoms with E-state index in [0.29, 0.717) is 11.2 Å². The van der Waals surface area contributed by atoms with Crippen LogP contribution in [0.2, 0.25) is 0 Å². The van der Waals surface area contributed by atoms with Crippen LogP contribution in [0.4, 0.5) is 0 Å². The van der Waals surface area contributed by atoms with Gasteiger partial charge in [0, 0.05) is 12.8 Å². The van der Waals surface area contributed by atoms with E-state index in [1.54, 1.807) is 5.57 Å². The maximum absolute atomic E-state index is 11.4. The summed E-state index contributed by atoms with van der Waals surface area (Å²) in [6.07, 6.45) is 6.35. The predicted octanol–water partition coefficient (Wildman–Crippen LogP) is 3.88. The van der Waals surface area contributed by atoms with Gasteiger partial charge in [0.15, 0.2) is 0 Å². The highest BCUT2D eigenvalue weighted by molar-refractivity contribution is 5.82. The van der Waals surface area contributed by atoms with E-state index < -0.39 is 0 Å². The van der Waals surface area contributed by atoms with Gasteiger partial charge in [-0.3, -0.25) is 4.79 Å². The molecule has 1 nitrogen and oxygen atoms in total. The Labute approximate surface area is 92.9 Å². The summed E-state index contributed by atoms with van der Waals surface area (Å²) in [6.45, 7) is 7.03. The summed E-state index contributed by atoms with van der Waals surface area (Å²) in [5, 5.41) is 0. The Kier molecular flexibility index (Phi) is 2.74. The van der Waals surface area contributed by atoms with Gasteiger partial charge < -0.3 is 0 Å². The molecule has 0 aromatic heterocycles. The molecule has 0 saturated heterocycles. The molecule has 0 fully saturated rings. The van der Waals surface area contributed by atoms with E-state index in [9.17, 15) is 4.79 Å². The van der Waals surface area contributed by atoms with Crippen LogP contribution in [0.15, 0.2) is 11.1 Å². The Balaban J connectivity index is 2.11. The van der Waals surface area contributed by atoms with Crippen molar-refractivity contribution < 1.29 is 4.79 Å². The minimum atomic E-state index is 0.431. The van der Waals surface area contributed by atoms with Crippen LogP contribution in [-0.2, 0) is 4.79 Å². The van der Waals surface area contributed by atoms with Crippen molar-refractivity contribution in [2.75, 3.05) is 0 Å². The van der Waals surface area contributed by atoms with Crippen LogP contribution in [0.3, 0.4) is 0 Å². The Morgan fingerprint density at radius 3 is 2.47 bits per heavy atom. The molecule has 84 valence electrons. The van der Waals surface area contributed by atoms with E-state index >= 15 is 0 Å². The quantitative estimate of drug-likeness (QED) is 0.550. The second-order valence-electron chi connectivity index (χ2n) is 6.23. The summed E-state index contributed by atoms with van der Waals surface area (Å²) in [5.41, 5.74) is 3.55. The fourth-order valence-electron chi connectivity index (χ4n) is 2.92. The van der Waals surface area contributed by atoms with Gasteiger partial charge in [-0.25, -0.2) is 0 Å². The zero-order chi connectivity index (χ0) is 11.1. The first-order valence-corrected chi connectivity index (χ1v) is 6.18. The van der Waals surface area contributed by atoms with Gasteiger partial charge in [0.1, 0.15) is 5.78 Å². The molecule has 0 aliphatic heterocycles. The number of carbonyl (C=O) groups is 1. The van der Waals surface area contributed by atoms with Crippen LogP contribution >= 0.6 is 0 Å². The summed E-state index contributed by atoms with van der Waals surface area (Å²) in [5.74, 6) is 1.28. The molecule has 2 rings (SSSR count). The van der Waals surface area contributed by atoms with Crippen molar-refractivity contribution in [2.45, 2.75) is 59.3 Å². The smallest absolute Gasteiger partial charge is 0.137 e. The molecule has 1 unspecified atom stereocenters. The SMILES string of the molecule is CC(C)(C)C1CCC2=C(CCC(=O)C2)C1. The number of hydrogen-bond donors (Lipinski definition) is 0. The van der Waals surface area contributed by atoms with Crippen molar-refractivity contribution in [1.29, 1.82) is 0 Å². The molecule has 0 saturated carbocycles. The van der Waals surface area contributed by atoms with Gasteiger partial charge in [0.25, 0.3) is 0 Å². The lowest BCUT2D eigenvalue weighted by atomic mass is 9.68. The first-order valence-electron chi connectivity index (χ1n) is 6.18. The predicted molar refractivity (Wildman–Crippen MR) is 62.7 cm³/mol. The maximum Gasteiger partial charge on any atom is 0.137 e. The third-order valence-electron chi connectivity index (χ3n) is 4.13. The molecule has 0 aromatic rings. The highest BCUT2D eigenvalue weighted by Gasteiger charge is 2.31. The first-order chi connectivity index (χ1) is 6.97. The van der Waals surface area contributed by atoms with Crippen LogP contribution < -0.4 is 0 Å². The summed E-state index contributed by atoms with van der Waals surface area (Å²) in [7, 11) is 0. The lowest BCUT2D eigenvalue weighted by Gasteiger charge is -2.37. The molecular weight excluding hydrogens is 184 g/mol. The van der Waals surface area contributed by atoms with Gasteiger partial charge >= 0.3 is 0 Å². The van der Waals surface area contributed by atoms with E-state index in [4.69, 9.17) is 0 Å². The third kappa shape index (κ3) is 2.32. The van der Waals surface area contributed by atoms with Crippen molar-refractivity contribution in [3.8, 4) is 0 Å². The number of ketones is 1. The van der Waals surface area contributed by atoms with Crippen LogP contribution in [-0.4, -0.2) is 5.78 Å². The Hall–Kier alpha value is -0.590. The number of allylic oxidation sites excluding steroid dienone is 2. The minimum absolute atomic E-state index is 0.431. The van der Waals surface area contributed by atoms with Crippen LogP contribution in [0.5, 0.6) is 0 Å². The normalized spacial score (nSPS) is 27.9. The Morgan fingerprint density at radius 1 is 1.07 bits per heavy atom. The maximum atomic E-state index is 11.4. The standard InChI is InChI=1S/C14H22O/c1-14(2,3)12-6-4-11-9-13(15)7-5-10(11)8-12/h12H,4-9H2,1-3H3. The van der Waals surface area contributed by atoms with E-state index in [0.717, 1.165) is 25.2 Å². The van der Waals surface area contributed by atoms with E-state index in [2.05, 4.69) is 20.8 Å². The van der Waals surface area contributed by atoms with Gasteiger partial charge in [-0.15, -0.1) is 0 Å². The van der Waals surface area contributed by atoms with Gasteiger partial charge in [-0.1, -0.05) is 31.9 Å². The number of Topliss-reactive ketones (excluding diaryl/α,β-unsaturated/α-hetero) is 1. The van der Waals surface area contributed by atoms with Gasteiger partial charge in [-0.2, -0.15) is 0 Å². The average molecular weight is 206 g/mol. The van der Waals surface area contributed by atoms with Gasteiger partial charge in [-0.05, 0) is 37.0 Å². The summed E-state index contributed by atoms with van der Waals surface area (Å²) < 4.78 is 0. The van der Waals surface area contributed by atoms with Gasteiger partial charge in [0.05, 0.1) is 0 Å². The topological polar surface area (TPSA) is 17.1 Å². The number of rotatable bonds is 0. The fourth-order valence-corrected chi connectivity index (χ4v) is 2.92. The van der Waals surface area contributed by atoms with Crippen molar-refractivity contribution in [3.05, 3.63) is 11.1 Å². The van der Waals surface area contributed by atoms with Crippen molar-refractivity contribution in [2.24, 2.45) is 11.3 Å². The van der Waals surface area contributed by atoms with E-state index in [-0.39, 0.29) is 0 Å². The zero-order valence-corrected chi connectivity index (χ0v) is 10.2. The van der Waals surface area contributed by atoms with Crippen LogP contribution in [0.1, 0.15) is 59.3 Å². The molecule has 0 bridgehead atoms. The molecule has 2 aliphatic rings. The second-order valence-corrected chi connectivity index (χ2v) is 6.23. The van der Waals surface area contributed by atoms with E-state index in [1.165, 1.54) is 24.8 Å². The first kappa shape index (κ1) is 10.9. The summed E-state index contributed by atoms with van der Waals surface area (Å²) >= 11 is 0. The van der Waals surface area contributed by atoms with Crippen LogP contribution in [0.25, 0.3) is 0 Å². The lowest BCUT2D eigenvalue weighted by molar-refractivity contribution is -0.118. The Bertz CT molecular complexity index is 304. The molecule has 2 aliphatic carbocycles. The fraction of sp³-hybridized carbons (Fsp3) is 0.786. The van der Waals surface area contributed by atoms with E-state index in [1.807, 2.05) is 0 Å². The molecule has 0 radical (unpaired) electrons. The molecule has 15 heavy (non-hydrogen) atoms. The molecule has 1 heteroatoms. The molecule has 0 amide bonds.